The van der Waals surface area contributed by atoms with Crippen molar-refractivity contribution < 1.29 is 38.2 Å². The summed E-state index contributed by atoms with van der Waals surface area (Å²) in [6, 6.07) is 10.7. The Kier molecular flexibility index (Phi) is 11.3. The fourth-order valence-electron chi connectivity index (χ4n) is 6.96. The fourth-order valence-corrected chi connectivity index (χ4v) is 8.30. The Morgan fingerprint density at radius 1 is 0.927 bits per heavy atom. The normalized spacial score (nSPS) is 17.7. The van der Waals surface area contributed by atoms with Crippen LogP contribution in [0.25, 0.3) is 5.00 Å². The molecule has 16 heteroatoms. The number of carbonyl (C=O) groups is 5. The summed E-state index contributed by atoms with van der Waals surface area (Å²) in [5, 5.41) is 12.7. The highest BCUT2D eigenvalue weighted by Gasteiger charge is 2.46. The van der Waals surface area contributed by atoms with Crippen LogP contribution in [0.2, 0.25) is 5.02 Å². The molecule has 7 rings (SSSR count). The molecule has 14 nitrogen and oxygen atoms in total. The first-order chi connectivity index (χ1) is 26.5. The number of hydrogen-bond acceptors (Lipinski definition) is 12. The van der Waals surface area contributed by atoms with Crippen molar-refractivity contribution in [2.45, 2.75) is 65.0 Å². The van der Waals surface area contributed by atoms with Crippen LogP contribution in [0.4, 0.5) is 0 Å². The van der Waals surface area contributed by atoms with Gasteiger partial charge in [0.25, 0.3) is 11.8 Å². The number of ether oxygens (including phenoxy) is 3. The SMILES string of the molecule is Cc1sc2c(c1C)C(c1ccc(Cl)cc1)=N[C@@H](CC(=O)CCCOCCOCCOc1cccc3c1C(=O)N(C1CCC(=O)NC1=O)C3=O)c1nnc(C)n1-2. The molecular weight excluding hydrogens is 748 g/mol. The summed E-state index contributed by atoms with van der Waals surface area (Å²) in [6.45, 7) is 7.35. The van der Waals surface area contributed by atoms with Crippen LogP contribution in [0.1, 0.15) is 92.1 Å². The van der Waals surface area contributed by atoms with Gasteiger partial charge >= 0.3 is 0 Å². The number of fused-ring (bicyclic) bond motifs is 4. The van der Waals surface area contributed by atoms with Crippen molar-refractivity contribution >= 4 is 58.1 Å². The number of nitrogens with one attached hydrogen (secondary N) is 1. The highest BCUT2D eigenvalue weighted by molar-refractivity contribution is 7.15. The van der Waals surface area contributed by atoms with Crippen LogP contribution in [0.3, 0.4) is 0 Å². The summed E-state index contributed by atoms with van der Waals surface area (Å²) in [7, 11) is 0. The van der Waals surface area contributed by atoms with Gasteiger partial charge in [0.1, 0.15) is 41.0 Å². The summed E-state index contributed by atoms with van der Waals surface area (Å²) >= 11 is 7.88. The predicted molar refractivity (Wildman–Crippen MR) is 202 cm³/mol. The lowest BCUT2D eigenvalue weighted by Crippen LogP contribution is -2.54. The van der Waals surface area contributed by atoms with Crippen molar-refractivity contribution in [2.75, 3.05) is 33.0 Å². The number of nitrogens with zero attached hydrogens (tertiary/aromatic N) is 5. The number of amides is 4. The van der Waals surface area contributed by atoms with Crippen LogP contribution >= 0.6 is 22.9 Å². The van der Waals surface area contributed by atoms with Crippen LogP contribution in [-0.4, -0.2) is 93.9 Å². The average molecular weight is 787 g/mol. The predicted octanol–water partition coefficient (Wildman–Crippen LogP) is 5.05. The molecule has 286 valence electrons. The smallest absolute Gasteiger partial charge is 0.266 e. The van der Waals surface area contributed by atoms with Gasteiger partial charge in [0, 0.05) is 46.9 Å². The van der Waals surface area contributed by atoms with Gasteiger partial charge in [-0.2, -0.15) is 0 Å². The summed E-state index contributed by atoms with van der Waals surface area (Å²) < 4.78 is 19.2. The molecule has 1 unspecified atom stereocenters. The molecule has 1 N–H and O–H groups in total. The van der Waals surface area contributed by atoms with Gasteiger partial charge < -0.3 is 14.2 Å². The summed E-state index contributed by atoms with van der Waals surface area (Å²) in [5.74, 6) is -0.718. The second-order valence-corrected chi connectivity index (χ2v) is 15.1. The van der Waals surface area contributed by atoms with Crippen molar-refractivity contribution in [3.63, 3.8) is 0 Å². The molecule has 1 saturated heterocycles. The topological polar surface area (TPSA) is 171 Å². The number of Topliss-reactive ketones (excluding diaryl/α,β-unsaturated/α-hetero) is 1. The quantitative estimate of drug-likeness (QED) is 0.127. The molecule has 2 aromatic carbocycles. The van der Waals surface area contributed by atoms with E-state index in [-0.39, 0.29) is 61.7 Å². The maximum absolute atomic E-state index is 13.3. The molecule has 0 radical (unpaired) electrons. The van der Waals surface area contributed by atoms with E-state index in [0.29, 0.717) is 36.9 Å². The average Bonchev–Trinajstić information content (AvgIpc) is 3.74. The van der Waals surface area contributed by atoms with Gasteiger partial charge in [-0.1, -0.05) is 29.8 Å². The first-order valence-corrected chi connectivity index (χ1v) is 19.2. The zero-order valence-electron chi connectivity index (χ0n) is 30.6. The number of benzene rings is 2. The summed E-state index contributed by atoms with van der Waals surface area (Å²) in [5.41, 5.74) is 4.09. The Labute approximate surface area is 325 Å². The van der Waals surface area contributed by atoms with Gasteiger partial charge in [0.15, 0.2) is 5.82 Å². The van der Waals surface area contributed by atoms with Crippen LogP contribution < -0.4 is 10.1 Å². The van der Waals surface area contributed by atoms with Crippen molar-refractivity contribution in [1.29, 1.82) is 0 Å². The van der Waals surface area contributed by atoms with E-state index in [2.05, 4.69) is 29.4 Å². The second kappa shape index (κ2) is 16.3. The maximum atomic E-state index is 13.3. The lowest BCUT2D eigenvalue weighted by molar-refractivity contribution is -0.136. The number of piperidine rings is 1. The summed E-state index contributed by atoms with van der Waals surface area (Å²) in [6.07, 6.45) is 1.12. The molecule has 5 heterocycles. The van der Waals surface area contributed by atoms with E-state index in [4.69, 9.17) is 30.8 Å². The Hall–Kier alpha value is -5.09. The number of imide groups is 2. The van der Waals surface area contributed by atoms with E-state index in [1.54, 1.807) is 23.5 Å². The minimum Gasteiger partial charge on any atom is -0.490 e. The minimum atomic E-state index is -1.06. The Morgan fingerprint density at radius 2 is 1.67 bits per heavy atom. The zero-order chi connectivity index (χ0) is 38.8. The molecule has 0 bridgehead atoms. The molecule has 0 aliphatic carbocycles. The molecule has 2 atom stereocenters. The van der Waals surface area contributed by atoms with Crippen molar-refractivity contribution in [3.05, 3.63) is 91.8 Å². The number of halogens is 1. The first kappa shape index (κ1) is 38.2. The Balaban J connectivity index is 0.863. The van der Waals surface area contributed by atoms with Crippen molar-refractivity contribution in [2.24, 2.45) is 4.99 Å². The number of aliphatic imine (C=N–C) groups is 1. The van der Waals surface area contributed by atoms with E-state index in [0.717, 1.165) is 38.1 Å². The molecule has 0 spiro atoms. The highest BCUT2D eigenvalue weighted by atomic mass is 35.5. The Bertz CT molecular complexity index is 2210. The van der Waals surface area contributed by atoms with Crippen molar-refractivity contribution in [1.82, 2.24) is 25.0 Å². The number of aromatic nitrogens is 3. The third-order valence-electron chi connectivity index (χ3n) is 9.81. The molecule has 3 aliphatic heterocycles. The van der Waals surface area contributed by atoms with Crippen LogP contribution in [0.5, 0.6) is 5.75 Å². The Morgan fingerprint density at radius 3 is 2.44 bits per heavy atom. The van der Waals surface area contributed by atoms with Gasteiger partial charge in [-0.25, -0.2) is 0 Å². The monoisotopic (exact) mass is 786 g/mol. The van der Waals surface area contributed by atoms with Crippen molar-refractivity contribution in [3.8, 4) is 10.8 Å². The number of carbonyl (C=O) groups excluding carboxylic acids is 5. The van der Waals surface area contributed by atoms with E-state index >= 15 is 0 Å². The molecule has 3 aliphatic rings. The summed E-state index contributed by atoms with van der Waals surface area (Å²) in [4.78, 5) is 70.7. The van der Waals surface area contributed by atoms with Crippen LogP contribution in [-0.2, 0) is 23.9 Å². The molecule has 4 aromatic rings. The number of aryl methyl sites for hydroxylation is 2. The molecule has 2 aromatic heterocycles. The fraction of sp³-hybridized carbons (Fsp3) is 0.385. The molecular formula is C39H39ClN6O8S. The van der Waals surface area contributed by atoms with Gasteiger partial charge in [-0.05, 0) is 63.4 Å². The maximum Gasteiger partial charge on any atom is 0.266 e. The lowest BCUT2D eigenvalue weighted by Gasteiger charge is -2.27. The zero-order valence-corrected chi connectivity index (χ0v) is 32.1. The number of rotatable bonds is 15. The van der Waals surface area contributed by atoms with E-state index in [1.807, 2.05) is 35.8 Å². The molecule has 4 amide bonds. The third kappa shape index (κ3) is 7.74. The van der Waals surface area contributed by atoms with Crippen LogP contribution in [0.15, 0.2) is 47.5 Å². The van der Waals surface area contributed by atoms with Gasteiger partial charge in [0.2, 0.25) is 11.8 Å². The first-order valence-electron chi connectivity index (χ1n) is 18.0. The molecule has 1 fully saturated rings. The van der Waals surface area contributed by atoms with E-state index in [9.17, 15) is 24.0 Å². The number of thiophene rings is 1. The minimum absolute atomic E-state index is 0.0392. The van der Waals surface area contributed by atoms with E-state index in [1.165, 1.54) is 10.9 Å². The standard InChI is InChI=1S/C39H39ClN6O8S/c1-21-22(2)55-39-32(21)34(24-9-11-25(40)12-10-24)41-28(35-44-43-23(3)45(35)39)20-26(47)6-5-15-52-16-17-53-18-19-54-30-8-4-7-27-33(30)38(51)46(37(27)50)29-13-14-31(48)42-36(29)49/h4,7-12,28-29H,5-6,13-20H2,1-3H3,(H,42,48,49)/t28-,29?/m0/s1. The van der Waals surface area contributed by atoms with Gasteiger partial charge in [-0.15, -0.1) is 21.5 Å². The largest absolute Gasteiger partial charge is 0.490 e. The van der Waals surface area contributed by atoms with Gasteiger partial charge in [0.05, 0.1) is 36.7 Å². The number of hydrogen-bond donors (Lipinski definition) is 1. The van der Waals surface area contributed by atoms with E-state index < -0.39 is 35.7 Å². The second-order valence-electron chi connectivity index (χ2n) is 13.5. The third-order valence-corrected chi connectivity index (χ3v) is 11.3. The van der Waals surface area contributed by atoms with Crippen LogP contribution in [0, 0.1) is 20.8 Å². The highest BCUT2D eigenvalue weighted by Crippen LogP contribution is 2.40. The lowest BCUT2D eigenvalue weighted by atomic mass is 9.99. The number of ketones is 1. The molecule has 55 heavy (non-hydrogen) atoms. The van der Waals surface area contributed by atoms with Gasteiger partial charge in [-0.3, -0.25) is 43.7 Å². The molecule has 0 saturated carbocycles.